The van der Waals surface area contributed by atoms with Crippen LogP contribution in [0.3, 0.4) is 0 Å². The van der Waals surface area contributed by atoms with Crippen LogP contribution in [0.2, 0.25) is 0 Å². The van der Waals surface area contributed by atoms with Gasteiger partial charge >= 0.3 is 0 Å². The molecular formula is C10H17ClO2. The normalized spacial score (nSPS) is 29.7. The first-order chi connectivity index (χ1) is 6.38. The van der Waals surface area contributed by atoms with Gasteiger partial charge in [-0.25, -0.2) is 0 Å². The van der Waals surface area contributed by atoms with E-state index in [0.29, 0.717) is 18.4 Å². The van der Waals surface area contributed by atoms with E-state index >= 15 is 0 Å². The van der Waals surface area contributed by atoms with Crippen molar-refractivity contribution in [2.45, 2.75) is 26.1 Å². The van der Waals surface area contributed by atoms with Gasteiger partial charge in [0.1, 0.15) is 0 Å². The van der Waals surface area contributed by atoms with Gasteiger partial charge in [-0.3, -0.25) is 0 Å². The Labute approximate surface area is 84.9 Å². The lowest BCUT2D eigenvalue weighted by molar-refractivity contribution is -0.181. The summed E-state index contributed by atoms with van der Waals surface area (Å²) in [7, 11) is 0. The molecule has 1 heterocycles. The molecule has 0 spiro atoms. The van der Waals surface area contributed by atoms with Gasteiger partial charge in [0, 0.05) is 18.4 Å². The Kier molecular flexibility index (Phi) is 5.44. The molecule has 0 aliphatic carbocycles. The van der Waals surface area contributed by atoms with E-state index in [-0.39, 0.29) is 6.29 Å². The Bertz CT molecular complexity index is 159. The van der Waals surface area contributed by atoms with E-state index in [1.807, 2.05) is 19.1 Å². The molecule has 1 rings (SSSR count). The van der Waals surface area contributed by atoms with Gasteiger partial charge in [0.05, 0.1) is 6.61 Å². The van der Waals surface area contributed by atoms with Crippen molar-refractivity contribution >= 4 is 11.6 Å². The van der Waals surface area contributed by atoms with Crippen molar-refractivity contribution in [2.75, 3.05) is 19.1 Å². The second kappa shape index (κ2) is 6.41. The first-order valence-electron chi connectivity index (χ1n) is 4.78. The van der Waals surface area contributed by atoms with Crippen LogP contribution in [0.4, 0.5) is 0 Å². The van der Waals surface area contributed by atoms with E-state index in [0.717, 1.165) is 19.4 Å². The summed E-state index contributed by atoms with van der Waals surface area (Å²) in [5, 5.41) is 0. The van der Waals surface area contributed by atoms with E-state index in [9.17, 15) is 0 Å². The van der Waals surface area contributed by atoms with Gasteiger partial charge in [-0.05, 0) is 19.8 Å². The lowest BCUT2D eigenvalue weighted by Gasteiger charge is -2.29. The van der Waals surface area contributed by atoms with Gasteiger partial charge in [0.25, 0.3) is 0 Å². The zero-order valence-corrected chi connectivity index (χ0v) is 8.80. The summed E-state index contributed by atoms with van der Waals surface area (Å²) in [6, 6.07) is 0. The summed E-state index contributed by atoms with van der Waals surface area (Å²) in [5.41, 5.74) is 0. The van der Waals surface area contributed by atoms with Crippen molar-refractivity contribution in [3.05, 3.63) is 12.2 Å². The first kappa shape index (κ1) is 11.0. The van der Waals surface area contributed by atoms with Crippen LogP contribution in [0, 0.1) is 5.92 Å². The fraction of sp³-hybridized carbons (Fsp3) is 0.800. The predicted molar refractivity (Wildman–Crippen MR) is 54.0 cm³/mol. The van der Waals surface area contributed by atoms with Crippen molar-refractivity contribution in [3.8, 4) is 0 Å². The predicted octanol–water partition coefficient (Wildman–Crippen LogP) is 2.57. The van der Waals surface area contributed by atoms with Crippen LogP contribution < -0.4 is 0 Å². The van der Waals surface area contributed by atoms with Crippen LogP contribution >= 0.6 is 11.6 Å². The van der Waals surface area contributed by atoms with Gasteiger partial charge in [-0.1, -0.05) is 12.2 Å². The Morgan fingerprint density at radius 3 is 3.15 bits per heavy atom. The van der Waals surface area contributed by atoms with Crippen molar-refractivity contribution in [1.82, 2.24) is 0 Å². The maximum atomic E-state index is 5.81. The molecule has 2 atom stereocenters. The summed E-state index contributed by atoms with van der Waals surface area (Å²) in [5.74, 6) is 0.987. The Hall–Kier alpha value is -0.0500. The Morgan fingerprint density at radius 1 is 1.62 bits per heavy atom. The zero-order valence-electron chi connectivity index (χ0n) is 8.04. The van der Waals surface area contributed by atoms with E-state index < -0.39 is 0 Å². The molecule has 76 valence electrons. The first-order valence-corrected chi connectivity index (χ1v) is 5.32. The highest BCUT2D eigenvalue weighted by molar-refractivity contribution is 6.18. The van der Waals surface area contributed by atoms with Crippen molar-refractivity contribution in [2.24, 2.45) is 5.92 Å². The molecule has 0 aromatic carbocycles. The number of hydrogen-bond acceptors (Lipinski definition) is 2. The lowest BCUT2D eigenvalue weighted by Crippen LogP contribution is -2.33. The summed E-state index contributed by atoms with van der Waals surface area (Å²) < 4.78 is 11.0. The molecule has 0 N–H and O–H groups in total. The molecule has 13 heavy (non-hydrogen) atoms. The van der Waals surface area contributed by atoms with E-state index in [4.69, 9.17) is 21.1 Å². The average Bonchev–Trinajstić information content (AvgIpc) is 2.19. The molecule has 1 saturated heterocycles. The molecular weight excluding hydrogens is 188 g/mol. The second-order valence-electron chi connectivity index (χ2n) is 3.20. The molecule has 0 aromatic heterocycles. The van der Waals surface area contributed by atoms with Crippen molar-refractivity contribution in [1.29, 1.82) is 0 Å². The molecule has 1 fully saturated rings. The highest BCUT2D eigenvalue weighted by atomic mass is 35.5. The third kappa shape index (κ3) is 3.67. The van der Waals surface area contributed by atoms with Crippen LogP contribution in [0.15, 0.2) is 12.2 Å². The molecule has 0 bridgehead atoms. The number of hydrogen-bond donors (Lipinski definition) is 0. The van der Waals surface area contributed by atoms with Gasteiger partial charge < -0.3 is 9.47 Å². The SMILES string of the molecule is C/C=C/COC1OCCCC1CCl. The third-order valence-corrected chi connectivity index (χ3v) is 2.57. The summed E-state index contributed by atoms with van der Waals surface area (Å²) in [4.78, 5) is 0. The van der Waals surface area contributed by atoms with Crippen LogP contribution in [0.1, 0.15) is 19.8 Å². The van der Waals surface area contributed by atoms with Gasteiger partial charge in [0.15, 0.2) is 6.29 Å². The third-order valence-electron chi connectivity index (χ3n) is 2.18. The standard InChI is InChI=1S/C10H17ClO2/c1-2-3-6-12-10-9(8-11)5-4-7-13-10/h2-3,9-10H,4-8H2,1H3/b3-2+. The molecule has 0 aromatic rings. The Morgan fingerprint density at radius 2 is 2.46 bits per heavy atom. The maximum absolute atomic E-state index is 5.81. The summed E-state index contributed by atoms with van der Waals surface area (Å²) in [6.45, 7) is 3.40. The van der Waals surface area contributed by atoms with Gasteiger partial charge in [-0.15, -0.1) is 11.6 Å². The number of halogens is 1. The van der Waals surface area contributed by atoms with Gasteiger partial charge in [-0.2, -0.15) is 0 Å². The minimum atomic E-state index is -0.0950. The number of rotatable bonds is 4. The number of allylic oxidation sites excluding steroid dienone is 1. The smallest absolute Gasteiger partial charge is 0.161 e. The summed E-state index contributed by atoms with van der Waals surface area (Å²) >= 11 is 5.81. The number of ether oxygens (including phenoxy) is 2. The number of alkyl halides is 1. The summed E-state index contributed by atoms with van der Waals surface area (Å²) in [6.07, 6.45) is 6.06. The van der Waals surface area contributed by atoms with Crippen LogP contribution in [-0.2, 0) is 9.47 Å². The average molecular weight is 205 g/mol. The minimum absolute atomic E-state index is 0.0950. The fourth-order valence-electron chi connectivity index (χ4n) is 1.40. The zero-order chi connectivity index (χ0) is 9.52. The van der Waals surface area contributed by atoms with E-state index in [1.165, 1.54) is 0 Å². The fourth-order valence-corrected chi connectivity index (χ4v) is 1.70. The molecule has 1 aliphatic rings. The topological polar surface area (TPSA) is 18.5 Å². The molecule has 0 saturated carbocycles. The van der Waals surface area contributed by atoms with Crippen LogP contribution in [-0.4, -0.2) is 25.4 Å². The molecule has 2 unspecified atom stereocenters. The molecule has 3 heteroatoms. The van der Waals surface area contributed by atoms with Crippen LogP contribution in [0.5, 0.6) is 0 Å². The molecule has 2 nitrogen and oxygen atoms in total. The minimum Gasteiger partial charge on any atom is -0.352 e. The maximum Gasteiger partial charge on any atom is 0.161 e. The van der Waals surface area contributed by atoms with Crippen molar-refractivity contribution in [3.63, 3.8) is 0 Å². The lowest BCUT2D eigenvalue weighted by atomic mass is 10.0. The van der Waals surface area contributed by atoms with Crippen molar-refractivity contribution < 1.29 is 9.47 Å². The molecule has 1 aliphatic heterocycles. The second-order valence-corrected chi connectivity index (χ2v) is 3.51. The highest BCUT2D eigenvalue weighted by Crippen LogP contribution is 2.22. The van der Waals surface area contributed by atoms with Gasteiger partial charge in [0.2, 0.25) is 0 Å². The van der Waals surface area contributed by atoms with Crippen LogP contribution in [0.25, 0.3) is 0 Å². The highest BCUT2D eigenvalue weighted by Gasteiger charge is 2.25. The largest absolute Gasteiger partial charge is 0.352 e. The van der Waals surface area contributed by atoms with E-state index in [2.05, 4.69) is 0 Å². The molecule has 0 radical (unpaired) electrons. The Balaban J connectivity index is 2.27. The quantitative estimate of drug-likeness (QED) is 0.518. The monoisotopic (exact) mass is 204 g/mol. The molecule has 0 amide bonds. The van der Waals surface area contributed by atoms with E-state index in [1.54, 1.807) is 0 Å².